The number of benzene rings is 3. The van der Waals surface area contributed by atoms with Gasteiger partial charge in [0.05, 0.1) is 25.7 Å². The fourth-order valence-corrected chi connectivity index (χ4v) is 3.81. The SMILES string of the molecule is COc1ccc(C2C(C#N)=C(N)Oc3cc(OC(=O)c4cccc(C)c4)ccc32)cc1OC. The first-order valence-electron chi connectivity index (χ1n) is 10.2. The molecule has 0 aliphatic carbocycles. The van der Waals surface area contributed by atoms with E-state index in [1.54, 1.807) is 62.8 Å². The van der Waals surface area contributed by atoms with Crippen LogP contribution in [0.1, 0.15) is 33.0 Å². The average molecular weight is 442 g/mol. The Bertz CT molecular complexity index is 1310. The van der Waals surface area contributed by atoms with Crippen molar-refractivity contribution in [2.75, 3.05) is 14.2 Å². The third-order valence-electron chi connectivity index (χ3n) is 5.40. The van der Waals surface area contributed by atoms with Crippen LogP contribution >= 0.6 is 0 Å². The first kappa shape index (κ1) is 21.8. The van der Waals surface area contributed by atoms with Crippen LogP contribution < -0.4 is 24.7 Å². The lowest BCUT2D eigenvalue weighted by Crippen LogP contribution is -2.21. The molecule has 33 heavy (non-hydrogen) atoms. The number of rotatable bonds is 5. The number of methoxy groups -OCH3 is 2. The maximum absolute atomic E-state index is 12.5. The maximum atomic E-state index is 12.5. The van der Waals surface area contributed by atoms with E-state index in [0.717, 1.165) is 11.1 Å². The molecule has 0 saturated heterocycles. The van der Waals surface area contributed by atoms with E-state index in [4.69, 9.17) is 24.7 Å². The highest BCUT2D eigenvalue weighted by molar-refractivity contribution is 5.91. The van der Waals surface area contributed by atoms with Gasteiger partial charge < -0.3 is 24.7 Å². The topological polar surface area (TPSA) is 104 Å². The van der Waals surface area contributed by atoms with E-state index in [0.29, 0.717) is 34.1 Å². The van der Waals surface area contributed by atoms with Crippen molar-refractivity contribution >= 4 is 5.97 Å². The molecule has 0 bridgehead atoms. The van der Waals surface area contributed by atoms with Gasteiger partial charge in [0.2, 0.25) is 5.88 Å². The Hall–Kier alpha value is -4.44. The fourth-order valence-electron chi connectivity index (χ4n) is 3.81. The van der Waals surface area contributed by atoms with Crippen molar-refractivity contribution < 1.29 is 23.7 Å². The van der Waals surface area contributed by atoms with E-state index in [-0.39, 0.29) is 11.5 Å². The summed E-state index contributed by atoms with van der Waals surface area (Å²) in [6, 6.07) is 19.7. The van der Waals surface area contributed by atoms with Crippen LogP contribution in [0.3, 0.4) is 0 Å². The zero-order valence-electron chi connectivity index (χ0n) is 18.4. The number of allylic oxidation sites excluding steroid dienone is 1. The quantitative estimate of drug-likeness (QED) is 0.460. The van der Waals surface area contributed by atoms with Gasteiger partial charge in [0.25, 0.3) is 0 Å². The van der Waals surface area contributed by atoms with Gasteiger partial charge in [-0.1, -0.05) is 29.8 Å². The van der Waals surface area contributed by atoms with Gasteiger partial charge >= 0.3 is 5.97 Å². The maximum Gasteiger partial charge on any atom is 0.343 e. The minimum absolute atomic E-state index is 0.00746. The van der Waals surface area contributed by atoms with Crippen LogP contribution in [-0.2, 0) is 0 Å². The van der Waals surface area contributed by atoms with E-state index in [1.807, 2.05) is 19.1 Å². The van der Waals surface area contributed by atoms with Crippen LogP contribution in [0.2, 0.25) is 0 Å². The third-order valence-corrected chi connectivity index (χ3v) is 5.40. The molecule has 1 aliphatic rings. The van der Waals surface area contributed by atoms with Crippen molar-refractivity contribution in [3.8, 4) is 29.1 Å². The molecule has 0 amide bonds. The van der Waals surface area contributed by atoms with Gasteiger partial charge in [-0.25, -0.2) is 4.79 Å². The lowest BCUT2D eigenvalue weighted by molar-refractivity contribution is 0.0734. The molecule has 166 valence electrons. The van der Waals surface area contributed by atoms with Gasteiger partial charge in [0, 0.05) is 11.6 Å². The minimum Gasteiger partial charge on any atom is -0.493 e. The highest BCUT2D eigenvalue weighted by atomic mass is 16.5. The molecule has 0 fully saturated rings. The van der Waals surface area contributed by atoms with Crippen LogP contribution in [0.25, 0.3) is 0 Å². The van der Waals surface area contributed by atoms with E-state index in [9.17, 15) is 10.1 Å². The summed E-state index contributed by atoms with van der Waals surface area (Å²) in [5, 5.41) is 9.77. The van der Waals surface area contributed by atoms with E-state index in [2.05, 4.69) is 6.07 Å². The Morgan fingerprint density at radius 2 is 1.82 bits per heavy atom. The predicted octanol–water partition coefficient (Wildman–Crippen LogP) is 4.45. The zero-order chi connectivity index (χ0) is 23.5. The van der Waals surface area contributed by atoms with Crippen molar-refractivity contribution in [1.29, 1.82) is 5.26 Å². The Kier molecular flexibility index (Phi) is 5.92. The molecule has 1 unspecified atom stereocenters. The van der Waals surface area contributed by atoms with Crippen molar-refractivity contribution in [1.82, 2.24) is 0 Å². The molecule has 3 aromatic rings. The number of carbonyl (C=O) groups is 1. The number of hydrogen-bond donors (Lipinski definition) is 1. The second-order valence-electron chi connectivity index (χ2n) is 7.50. The van der Waals surface area contributed by atoms with Crippen LogP contribution in [0, 0.1) is 18.3 Å². The average Bonchev–Trinajstić information content (AvgIpc) is 2.82. The lowest BCUT2D eigenvalue weighted by atomic mass is 9.83. The minimum atomic E-state index is -0.486. The van der Waals surface area contributed by atoms with Gasteiger partial charge in [0.15, 0.2) is 11.5 Å². The summed E-state index contributed by atoms with van der Waals surface area (Å²) in [4.78, 5) is 12.5. The molecule has 0 radical (unpaired) electrons. The molecule has 1 heterocycles. The number of ether oxygens (including phenoxy) is 4. The first-order chi connectivity index (χ1) is 15.9. The van der Waals surface area contributed by atoms with Crippen LogP contribution in [-0.4, -0.2) is 20.2 Å². The molecule has 2 N–H and O–H groups in total. The molecule has 0 aromatic heterocycles. The largest absolute Gasteiger partial charge is 0.493 e. The Morgan fingerprint density at radius 1 is 1.03 bits per heavy atom. The molecule has 7 heteroatoms. The summed E-state index contributed by atoms with van der Waals surface area (Å²) in [6.45, 7) is 1.90. The molecule has 0 saturated carbocycles. The second-order valence-corrected chi connectivity index (χ2v) is 7.50. The molecule has 1 atom stereocenters. The van der Waals surface area contributed by atoms with Crippen molar-refractivity contribution in [2.24, 2.45) is 5.73 Å². The summed E-state index contributed by atoms with van der Waals surface area (Å²) >= 11 is 0. The number of aryl methyl sites for hydroxylation is 1. The number of fused-ring (bicyclic) bond motifs is 1. The number of nitriles is 1. The van der Waals surface area contributed by atoms with Gasteiger partial charge in [-0.3, -0.25) is 0 Å². The van der Waals surface area contributed by atoms with Crippen LogP contribution in [0.15, 0.2) is 72.1 Å². The van der Waals surface area contributed by atoms with E-state index in [1.165, 1.54) is 0 Å². The highest BCUT2D eigenvalue weighted by Gasteiger charge is 2.31. The molecular formula is C26H22N2O5. The van der Waals surface area contributed by atoms with Gasteiger partial charge in [0.1, 0.15) is 23.1 Å². The molecule has 1 aliphatic heterocycles. The molecule has 7 nitrogen and oxygen atoms in total. The molecule has 0 spiro atoms. The van der Waals surface area contributed by atoms with E-state index < -0.39 is 11.9 Å². The van der Waals surface area contributed by atoms with Crippen molar-refractivity contribution in [2.45, 2.75) is 12.8 Å². The van der Waals surface area contributed by atoms with Gasteiger partial charge in [-0.15, -0.1) is 0 Å². The Labute approximate surface area is 191 Å². The second kappa shape index (κ2) is 8.97. The summed E-state index contributed by atoms with van der Waals surface area (Å²) in [6.07, 6.45) is 0. The first-order valence-corrected chi connectivity index (χ1v) is 10.2. The standard InChI is InChI=1S/C26H22N2O5/c1-15-5-4-6-17(11-15)26(29)32-18-8-9-19-22(13-18)33-25(28)20(14-27)24(19)16-7-10-21(30-2)23(12-16)31-3/h4-13,24H,28H2,1-3H3. The zero-order valence-corrected chi connectivity index (χ0v) is 18.4. The van der Waals surface area contributed by atoms with Gasteiger partial charge in [-0.2, -0.15) is 5.26 Å². The third kappa shape index (κ3) is 4.19. The fraction of sp³-hybridized carbons (Fsp3) is 0.154. The Morgan fingerprint density at radius 3 is 2.52 bits per heavy atom. The number of carbonyl (C=O) groups excluding carboxylic acids is 1. The number of nitrogens with two attached hydrogens (primary N) is 1. The Balaban J connectivity index is 1.72. The van der Waals surface area contributed by atoms with Crippen LogP contribution in [0.4, 0.5) is 0 Å². The summed E-state index contributed by atoms with van der Waals surface area (Å²) < 4.78 is 22.0. The molecular weight excluding hydrogens is 420 g/mol. The van der Waals surface area contributed by atoms with Gasteiger partial charge in [-0.05, 0) is 42.8 Å². The highest BCUT2D eigenvalue weighted by Crippen LogP contribution is 2.45. The molecule has 4 rings (SSSR count). The van der Waals surface area contributed by atoms with Crippen molar-refractivity contribution in [3.63, 3.8) is 0 Å². The monoisotopic (exact) mass is 442 g/mol. The number of hydrogen-bond acceptors (Lipinski definition) is 7. The molecule has 3 aromatic carbocycles. The number of esters is 1. The summed E-state index contributed by atoms with van der Waals surface area (Å²) in [5.41, 5.74) is 9.26. The summed E-state index contributed by atoms with van der Waals surface area (Å²) in [5.74, 6) is 0.838. The lowest BCUT2D eigenvalue weighted by Gasteiger charge is -2.27. The predicted molar refractivity (Wildman–Crippen MR) is 121 cm³/mol. The smallest absolute Gasteiger partial charge is 0.343 e. The summed E-state index contributed by atoms with van der Waals surface area (Å²) in [7, 11) is 3.10. The van der Waals surface area contributed by atoms with Crippen molar-refractivity contribution in [3.05, 3.63) is 94.4 Å². The normalized spacial score (nSPS) is 14.5. The number of nitrogens with zero attached hydrogens (tertiary/aromatic N) is 1. The van der Waals surface area contributed by atoms with Crippen LogP contribution in [0.5, 0.6) is 23.0 Å². The van der Waals surface area contributed by atoms with E-state index >= 15 is 0 Å².